The minimum atomic E-state index is -0.704. The smallest absolute Gasteiger partial charge is 0.324 e. The van der Waals surface area contributed by atoms with Gasteiger partial charge in [0.2, 0.25) is 5.91 Å². The molecule has 3 aromatic rings. The number of fused-ring (bicyclic) bond motifs is 1. The van der Waals surface area contributed by atoms with E-state index in [2.05, 4.69) is 10.3 Å². The van der Waals surface area contributed by atoms with Crippen LogP contribution in [0.1, 0.15) is 6.92 Å². The Morgan fingerprint density at radius 3 is 2.62 bits per heavy atom. The fourth-order valence-corrected chi connectivity index (χ4v) is 4.13. The number of thioether (sulfide) groups is 1. The van der Waals surface area contributed by atoms with Gasteiger partial charge in [-0.15, -0.1) is 0 Å². The third-order valence-corrected chi connectivity index (χ3v) is 5.63. The topological polar surface area (TPSA) is 84.3 Å². The third-order valence-electron chi connectivity index (χ3n) is 4.59. The summed E-state index contributed by atoms with van der Waals surface area (Å²) >= 11 is 1.01. The molecule has 2 heterocycles. The highest BCUT2D eigenvalue weighted by Crippen LogP contribution is 2.27. The molecule has 148 valence electrons. The molecule has 1 saturated heterocycles. The highest BCUT2D eigenvalue weighted by molar-refractivity contribution is 8.00. The summed E-state index contributed by atoms with van der Waals surface area (Å²) in [5.74, 6) is -0.973. The van der Waals surface area contributed by atoms with Gasteiger partial charge >= 0.3 is 6.03 Å². The maximum atomic E-state index is 14.5. The van der Waals surface area contributed by atoms with Gasteiger partial charge in [-0.3, -0.25) is 19.1 Å². The van der Waals surface area contributed by atoms with Gasteiger partial charge in [0.1, 0.15) is 5.82 Å². The Labute approximate surface area is 169 Å². The van der Waals surface area contributed by atoms with Crippen molar-refractivity contribution in [3.05, 3.63) is 64.7 Å². The van der Waals surface area contributed by atoms with E-state index >= 15 is 0 Å². The Kier molecular flexibility index (Phi) is 5.06. The van der Waals surface area contributed by atoms with Crippen molar-refractivity contribution in [3.63, 3.8) is 0 Å². The van der Waals surface area contributed by atoms with Crippen molar-refractivity contribution in [2.45, 2.75) is 17.3 Å². The van der Waals surface area contributed by atoms with Gasteiger partial charge in [0.05, 0.1) is 21.8 Å². The molecule has 1 fully saturated rings. The van der Waals surface area contributed by atoms with Crippen molar-refractivity contribution >= 4 is 34.6 Å². The van der Waals surface area contributed by atoms with Crippen LogP contribution in [0.4, 0.5) is 9.18 Å². The van der Waals surface area contributed by atoms with Crippen LogP contribution in [-0.4, -0.2) is 44.7 Å². The molecule has 4 rings (SSSR count). The zero-order valence-corrected chi connectivity index (χ0v) is 16.3. The molecule has 9 heteroatoms. The molecule has 1 atom stereocenters. The Balaban J connectivity index is 1.82. The third kappa shape index (κ3) is 3.49. The molecule has 1 N–H and O–H groups in total. The number of carbonyl (C=O) groups excluding carboxylic acids is 2. The Bertz CT molecular complexity index is 1180. The number of carbonyl (C=O) groups is 2. The largest absolute Gasteiger partial charge is 0.336 e. The number of urea groups is 1. The van der Waals surface area contributed by atoms with Crippen LogP contribution >= 0.6 is 11.8 Å². The van der Waals surface area contributed by atoms with Crippen LogP contribution in [0.2, 0.25) is 0 Å². The summed E-state index contributed by atoms with van der Waals surface area (Å²) in [6, 6.07) is 12.2. The minimum Gasteiger partial charge on any atom is -0.336 e. The molecule has 1 unspecified atom stereocenters. The lowest BCUT2D eigenvalue weighted by Gasteiger charge is -2.19. The van der Waals surface area contributed by atoms with Gasteiger partial charge in [-0.2, -0.15) is 0 Å². The van der Waals surface area contributed by atoms with Crippen molar-refractivity contribution < 1.29 is 14.0 Å². The lowest BCUT2D eigenvalue weighted by Crippen LogP contribution is -2.39. The second kappa shape index (κ2) is 7.67. The number of benzene rings is 2. The van der Waals surface area contributed by atoms with E-state index < -0.39 is 28.6 Å². The first-order chi connectivity index (χ1) is 14.0. The van der Waals surface area contributed by atoms with Crippen LogP contribution in [0.5, 0.6) is 0 Å². The summed E-state index contributed by atoms with van der Waals surface area (Å²) in [4.78, 5) is 43.3. The van der Waals surface area contributed by atoms with Crippen LogP contribution in [0.25, 0.3) is 16.6 Å². The number of imide groups is 1. The molecule has 1 aromatic heterocycles. The van der Waals surface area contributed by atoms with Gasteiger partial charge < -0.3 is 5.32 Å². The van der Waals surface area contributed by atoms with E-state index in [1.807, 2.05) is 0 Å². The van der Waals surface area contributed by atoms with E-state index in [4.69, 9.17) is 0 Å². The number of nitrogens with zero attached hydrogens (tertiary/aromatic N) is 3. The van der Waals surface area contributed by atoms with Gasteiger partial charge in [0.25, 0.3) is 5.56 Å². The second-order valence-corrected chi connectivity index (χ2v) is 7.79. The Hall–Kier alpha value is -3.20. The number of amides is 3. The molecule has 1 aliphatic heterocycles. The summed E-state index contributed by atoms with van der Waals surface area (Å²) < 4.78 is 15.7. The van der Waals surface area contributed by atoms with E-state index in [0.717, 1.165) is 16.7 Å². The summed E-state index contributed by atoms with van der Waals surface area (Å²) in [5.41, 5.74) is 0.0738. The number of nitrogens with one attached hydrogen (secondary N) is 1. The van der Waals surface area contributed by atoms with Gasteiger partial charge in [0, 0.05) is 13.1 Å². The zero-order valence-electron chi connectivity index (χ0n) is 15.5. The van der Waals surface area contributed by atoms with Crippen LogP contribution in [0.3, 0.4) is 0 Å². The van der Waals surface area contributed by atoms with Gasteiger partial charge in [-0.05, 0) is 31.2 Å². The molecule has 0 aliphatic carbocycles. The average molecular weight is 412 g/mol. The molecule has 0 saturated carbocycles. The molecule has 3 amide bonds. The summed E-state index contributed by atoms with van der Waals surface area (Å²) in [6.07, 6.45) is 0. The van der Waals surface area contributed by atoms with E-state index in [0.29, 0.717) is 17.4 Å². The summed E-state index contributed by atoms with van der Waals surface area (Å²) in [7, 11) is 0. The van der Waals surface area contributed by atoms with Crippen LogP contribution in [0, 0.1) is 5.82 Å². The maximum absolute atomic E-state index is 14.5. The van der Waals surface area contributed by atoms with Crippen molar-refractivity contribution in [1.82, 2.24) is 19.8 Å². The number of halogens is 1. The predicted octanol–water partition coefficient (Wildman–Crippen LogP) is 2.56. The fourth-order valence-electron chi connectivity index (χ4n) is 3.15. The van der Waals surface area contributed by atoms with Crippen molar-refractivity contribution in [1.29, 1.82) is 0 Å². The van der Waals surface area contributed by atoms with Crippen molar-refractivity contribution in [2.75, 3.05) is 13.1 Å². The van der Waals surface area contributed by atoms with E-state index in [1.165, 1.54) is 22.8 Å². The highest BCUT2D eigenvalue weighted by Gasteiger charge is 2.31. The van der Waals surface area contributed by atoms with Crippen LogP contribution < -0.4 is 10.9 Å². The number of para-hydroxylation sites is 2. The number of hydrogen-bond donors (Lipinski definition) is 1. The molecular formula is C20H17FN4O3S. The maximum Gasteiger partial charge on any atom is 0.324 e. The summed E-state index contributed by atoms with van der Waals surface area (Å²) in [5, 5.41) is 2.41. The number of rotatable bonds is 4. The fraction of sp³-hybridized carbons (Fsp3) is 0.200. The lowest BCUT2D eigenvalue weighted by molar-refractivity contribution is -0.126. The second-order valence-electron chi connectivity index (χ2n) is 6.49. The van der Waals surface area contributed by atoms with Gasteiger partial charge in [-0.1, -0.05) is 36.0 Å². The van der Waals surface area contributed by atoms with E-state index in [-0.39, 0.29) is 17.4 Å². The normalized spacial score (nSPS) is 14.8. The van der Waals surface area contributed by atoms with E-state index in [1.54, 1.807) is 37.3 Å². The van der Waals surface area contributed by atoms with E-state index in [9.17, 15) is 18.8 Å². The molecule has 0 radical (unpaired) electrons. The minimum absolute atomic E-state index is 0.0526. The van der Waals surface area contributed by atoms with Crippen LogP contribution in [-0.2, 0) is 4.79 Å². The molecule has 0 bridgehead atoms. The first-order valence-electron chi connectivity index (χ1n) is 9.00. The average Bonchev–Trinajstić information content (AvgIpc) is 3.14. The van der Waals surface area contributed by atoms with Gasteiger partial charge in [-0.25, -0.2) is 14.2 Å². The molecular weight excluding hydrogens is 395 g/mol. The predicted molar refractivity (Wildman–Crippen MR) is 108 cm³/mol. The SMILES string of the molecule is CC(Sc1nc2ccccc2c(=O)n1-c1ccccc1F)C(=O)N1CCNC1=O. The Morgan fingerprint density at radius 1 is 1.17 bits per heavy atom. The van der Waals surface area contributed by atoms with Crippen molar-refractivity contribution in [3.8, 4) is 5.69 Å². The quantitative estimate of drug-likeness (QED) is 0.526. The molecule has 2 aromatic carbocycles. The molecule has 7 nitrogen and oxygen atoms in total. The zero-order chi connectivity index (χ0) is 20.5. The molecule has 1 aliphatic rings. The lowest BCUT2D eigenvalue weighted by atomic mass is 10.2. The monoisotopic (exact) mass is 412 g/mol. The molecule has 0 spiro atoms. The standard InChI is InChI=1S/C20H17FN4O3S/c1-12(17(26)24-11-10-22-19(24)28)29-20-23-15-8-4-2-6-13(15)18(27)25(20)16-9-5-3-7-14(16)21/h2-9,12H,10-11H2,1H3,(H,22,28). The summed E-state index contributed by atoms with van der Waals surface area (Å²) in [6.45, 7) is 2.32. The van der Waals surface area contributed by atoms with Crippen molar-refractivity contribution in [2.24, 2.45) is 0 Å². The van der Waals surface area contributed by atoms with Crippen LogP contribution in [0.15, 0.2) is 58.5 Å². The molecule has 29 heavy (non-hydrogen) atoms. The van der Waals surface area contributed by atoms with Gasteiger partial charge in [0.15, 0.2) is 5.16 Å². The number of hydrogen-bond acceptors (Lipinski definition) is 5. The highest BCUT2D eigenvalue weighted by atomic mass is 32.2. The Morgan fingerprint density at radius 2 is 1.90 bits per heavy atom. The number of aromatic nitrogens is 2. The first-order valence-corrected chi connectivity index (χ1v) is 9.88. The first kappa shape index (κ1) is 19.1.